The van der Waals surface area contributed by atoms with Crippen LogP contribution in [-0.4, -0.2) is 50.3 Å². The molecule has 1 heterocycles. The number of carbonyl (C=O) groups is 3. The number of thioether (sulfide) groups is 1. The van der Waals surface area contributed by atoms with Crippen LogP contribution in [0.4, 0.5) is 0 Å². The summed E-state index contributed by atoms with van der Waals surface area (Å²) in [5.41, 5.74) is -0.155. The Morgan fingerprint density at radius 2 is 2.10 bits per heavy atom. The minimum absolute atomic E-state index is 0.0207. The Balaban J connectivity index is 2.86. The highest BCUT2D eigenvalue weighted by atomic mass is 35.5. The maximum Gasteiger partial charge on any atom is 0.326 e. The molecule has 8 nitrogen and oxygen atoms in total. The number of halogens is 1. The smallest absolute Gasteiger partial charge is 0.326 e. The highest BCUT2D eigenvalue weighted by molar-refractivity contribution is 7.98. The molecule has 0 aromatic carbocycles. The van der Waals surface area contributed by atoms with E-state index in [-0.39, 0.29) is 23.6 Å². The number of hydrogen-bond acceptors (Lipinski definition) is 6. The lowest BCUT2D eigenvalue weighted by atomic mass is 10.1. The quantitative estimate of drug-likeness (QED) is 0.495. The van der Waals surface area contributed by atoms with Crippen LogP contribution in [0.25, 0.3) is 0 Å². The highest BCUT2D eigenvalue weighted by Gasteiger charge is 2.23. The van der Waals surface area contributed by atoms with Gasteiger partial charge in [-0.3, -0.25) is 9.59 Å². The number of carbonyl (C=O) groups excluding carboxylic acids is 1. The van der Waals surface area contributed by atoms with Gasteiger partial charge in [0.25, 0.3) is 5.91 Å². The maximum absolute atomic E-state index is 12.0. The summed E-state index contributed by atoms with van der Waals surface area (Å²) >= 11 is 7.00. The fraction of sp³-hybridized carbons (Fsp3) is 0.364. The number of aliphatic carboxylic acids is 2. The number of carboxylic acid groups (broad SMARTS) is 2. The van der Waals surface area contributed by atoms with Gasteiger partial charge in [0.05, 0.1) is 11.2 Å². The molecule has 21 heavy (non-hydrogen) atoms. The Morgan fingerprint density at radius 1 is 1.43 bits per heavy atom. The second-order valence-corrected chi connectivity index (χ2v) is 5.03. The Morgan fingerprint density at radius 3 is 2.62 bits per heavy atom. The van der Waals surface area contributed by atoms with Crippen molar-refractivity contribution < 1.29 is 24.6 Å². The molecular formula is C11H12ClN3O5S. The molecule has 0 aliphatic heterocycles. The van der Waals surface area contributed by atoms with Crippen molar-refractivity contribution in [2.45, 2.75) is 24.0 Å². The first-order chi connectivity index (χ1) is 9.85. The van der Waals surface area contributed by atoms with E-state index in [0.29, 0.717) is 5.16 Å². The van der Waals surface area contributed by atoms with Crippen LogP contribution >= 0.6 is 23.4 Å². The van der Waals surface area contributed by atoms with Crippen molar-refractivity contribution in [2.75, 3.05) is 6.26 Å². The molecule has 10 heteroatoms. The van der Waals surface area contributed by atoms with Crippen molar-refractivity contribution in [1.29, 1.82) is 0 Å². The lowest BCUT2D eigenvalue weighted by Crippen LogP contribution is -2.41. The number of hydrogen-bond donors (Lipinski definition) is 3. The van der Waals surface area contributed by atoms with Crippen LogP contribution < -0.4 is 5.32 Å². The van der Waals surface area contributed by atoms with Gasteiger partial charge >= 0.3 is 11.9 Å². The van der Waals surface area contributed by atoms with Gasteiger partial charge in [-0.15, -0.1) is 0 Å². The third-order valence-electron chi connectivity index (χ3n) is 2.37. The molecule has 1 aromatic rings. The van der Waals surface area contributed by atoms with E-state index < -0.39 is 23.9 Å². The molecule has 114 valence electrons. The molecule has 0 spiro atoms. The fourth-order valence-electron chi connectivity index (χ4n) is 1.36. The molecule has 3 N–H and O–H groups in total. The molecule has 0 saturated heterocycles. The summed E-state index contributed by atoms with van der Waals surface area (Å²) in [5, 5.41) is 20.0. The summed E-state index contributed by atoms with van der Waals surface area (Å²) < 4.78 is 0. The number of carboxylic acids is 2. The van der Waals surface area contributed by atoms with E-state index in [1.54, 1.807) is 6.26 Å². The lowest BCUT2D eigenvalue weighted by molar-refractivity contribution is -0.140. The van der Waals surface area contributed by atoms with Gasteiger partial charge in [0, 0.05) is 6.42 Å². The molecule has 1 aromatic heterocycles. The van der Waals surface area contributed by atoms with E-state index in [0.717, 1.165) is 0 Å². The summed E-state index contributed by atoms with van der Waals surface area (Å²) in [7, 11) is 0. The topological polar surface area (TPSA) is 129 Å². The monoisotopic (exact) mass is 333 g/mol. The second kappa shape index (κ2) is 7.79. The van der Waals surface area contributed by atoms with Crippen LogP contribution in [0.2, 0.25) is 5.02 Å². The third kappa shape index (κ3) is 5.20. The van der Waals surface area contributed by atoms with Gasteiger partial charge in [-0.05, 0) is 12.7 Å². The number of amides is 1. The predicted molar refractivity (Wildman–Crippen MR) is 74.6 cm³/mol. The maximum atomic E-state index is 12.0. The number of rotatable bonds is 7. The third-order valence-corrected chi connectivity index (χ3v) is 3.21. The Labute approximate surface area is 128 Å². The molecule has 1 amide bonds. The SMILES string of the molecule is CSc1ncc(Cl)c(C(=O)N[C@@H](CCC(=O)O)C(=O)O)n1. The first kappa shape index (κ1) is 17.2. The largest absolute Gasteiger partial charge is 0.481 e. The fourth-order valence-corrected chi connectivity index (χ4v) is 1.88. The summed E-state index contributed by atoms with van der Waals surface area (Å²) in [6, 6.07) is -1.34. The van der Waals surface area contributed by atoms with Gasteiger partial charge in [0.2, 0.25) is 0 Å². The van der Waals surface area contributed by atoms with Crippen LogP contribution in [0, 0.1) is 0 Å². The van der Waals surface area contributed by atoms with E-state index in [4.69, 9.17) is 21.8 Å². The van der Waals surface area contributed by atoms with Gasteiger partial charge in [-0.25, -0.2) is 14.8 Å². The molecule has 0 aliphatic rings. The normalized spacial score (nSPS) is 11.7. The molecule has 0 aliphatic carbocycles. The van der Waals surface area contributed by atoms with Crippen LogP contribution in [-0.2, 0) is 9.59 Å². The van der Waals surface area contributed by atoms with Gasteiger partial charge in [0.15, 0.2) is 10.9 Å². The van der Waals surface area contributed by atoms with E-state index in [2.05, 4.69) is 15.3 Å². The minimum Gasteiger partial charge on any atom is -0.481 e. The predicted octanol–water partition coefficient (Wildman–Crippen LogP) is 0.900. The molecule has 1 atom stereocenters. The highest BCUT2D eigenvalue weighted by Crippen LogP contribution is 2.16. The second-order valence-electron chi connectivity index (χ2n) is 3.85. The number of nitrogens with one attached hydrogen (secondary N) is 1. The molecule has 0 fully saturated rings. The lowest BCUT2D eigenvalue weighted by Gasteiger charge is -2.13. The molecule has 0 radical (unpaired) electrons. The summed E-state index contributed by atoms with van der Waals surface area (Å²) in [6.07, 6.45) is 2.32. The van der Waals surface area contributed by atoms with Crippen molar-refractivity contribution in [3.63, 3.8) is 0 Å². The van der Waals surface area contributed by atoms with E-state index in [1.165, 1.54) is 18.0 Å². The van der Waals surface area contributed by atoms with Gasteiger partial charge in [-0.2, -0.15) is 0 Å². The number of aromatic nitrogens is 2. The van der Waals surface area contributed by atoms with E-state index in [9.17, 15) is 14.4 Å². The average Bonchev–Trinajstić information content (AvgIpc) is 2.43. The van der Waals surface area contributed by atoms with Crippen molar-refractivity contribution in [1.82, 2.24) is 15.3 Å². The van der Waals surface area contributed by atoms with Crippen LogP contribution in [0.5, 0.6) is 0 Å². The zero-order valence-corrected chi connectivity index (χ0v) is 12.4. The summed E-state index contributed by atoms with van der Waals surface area (Å²) in [5.74, 6) is -3.28. The Kier molecular flexibility index (Phi) is 6.38. The van der Waals surface area contributed by atoms with Crippen LogP contribution in [0.1, 0.15) is 23.3 Å². The van der Waals surface area contributed by atoms with Gasteiger partial charge in [-0.1, -0.05) is 23.4 Å². The Bertz CT molecular complexity index is 569. The van der Waals surface area contributed by atoms with E-state index >= 15 is 0 Å². The minimum atomic E-state index is -1.34. The van der Waals surface area contributed by atoms with Crippen molar-refractivity contribution in [3.05, 3.63) is 16.9 Å². The van der Waals surface area contributed by atoms with Gasteiger partial charge < -0.3 is 15.5 Å². The van der Waals surface area contributed by atoms with Crippen LogP contribution in [0.15, 0.2) is 11.4 Å². The molecule has 0 saturated carbocycles. The van der Waals surface area contributed by atoms with E-state index in [1.807, 2.05) is 0 Å². The number of nitrogens with zero attached hydrogens (tertiary/aromatic N) is 2. The summed E-state index contributed by atoms with van der Waals surface area (Å²) in [4.78, 5) is 41.2. The summed E-state index contributed by atoms with van der Waals surface area (Å²) in [6.45, 7) is 0. The molecule has 0 bridgehead atoms. The molecule has 1 rings (SSSR count). The molecular weight excluding hydrogens is 322 g/mol. The van der Waals surface area contributed by atoms with Crippen LogP contribution in [0.3, 0.4) is 0 Å². The van der Waals surface area contributed by atoms with Gasteiger partial charge in [0.1, 0.15) is 6.04 Å². The van der Waals surface area contributed by atoms with Crippen molar-refractivity contribution in [2.24, 2.45) is 0 Å². The first-order valence-electron chi connectivity index (χ1n) is 5.67. The molecule has 0 unspecified atom stereocenters. The van der Waals surface area contributed by atoms with Crippen molar-refractivity contribution in [3.8, 4) is 0 Å². The van der Waals surface area contributed by atoms with Crippen molar-refractivity contribution >= 4 is 41.2 Å². The zero-order chi connectivity index (χ0) is 16.0. The standard InChI is InChI=1S/C11H12ClN3O5S/c1-21-11-13-4-5(12)8(15-11)9(18)14-6(10(19)20)2-3-7(16)17/h4,6H,2-3H2,1H3,(H,14,18)(H,16,17)(H,19,20)/t6-/m0/s1. The zero-order valence-electron chi connectivity index (χ0n) is 10.9. The first-order valence-corrected chi connectivity index (χ1v) is 7.27. The Hall–Kier alpha value is -1.87. The average molecular weight is 334 g/mol.